The average Bonchev–Trinajstić information content (AvgIpc) is 3.14. The number of fused-ring (bicyclic) bond motifs is 2. The maximum Gasteiger partial charge on any atom is 0.344 e. The van der Waals surface area contributed by atoms with Gasteiger partial charge in [-0.1, -0.05) is 0 Å². The zero-order chi connectivity index (χ0) is 19.8. The Morgan fingerprint density at radius 1 is 1.33 bits per heavy atom. The van der Waals surface area contributed by atoms with Crippen molar-refractivity contribution in [3.63, 3.8) is 0 Å². The summed E-state index contributed by atoms with van der Waals surface area (Å²) >= 11 is 0. The third-order valence-electron chi connectivity index (χ3n) is 5.26. The first kappa shape index (κ1) is 20.3. The molecule has 0 radical (unpaired) electrons. The van der Waals surface area contributed by atoms with Gasteiger partial charge in [-0.15, -0.1) is 0 Å². The molecule has 154 valence electrons. The maximum absolute atomic E-state index is 12.4. The number of aliphatic hydroxyl groups excluding tert-OH is 1. The molecule has 3 amide bonds. The van der Waals surface area contributed by atoms with Crippen LogP contribution in [0.1, 0.15) is 46.5 Å². The lowest BCUT2D eigenvalue weighted by atomic mass is 10.0. The van der Waals surface area contributed by atoms with E-state index in [0.29, 0.717) is 31.0 Å². The first-order valence-electron chi connectivity index (χ1n) is 9.49. The molecule has 3 aliphatic heterocycles. The Labute approximate surface area is 158 Å². The molecule has 3 fully saturated rings. The third-order valence-corrected chi connectivity index (χ3v) is 5.26. The molecule has 10 heteroatoms. The second-order valence-corrected chi connectivity index (χ2v) is 8.39. The van der Waals surface area contributed by atoms with Gasteiger partial charge >= 0.3 is 6.03 Å². The van der Waals surface area contributed by atoms with Crippen molar-refractivity contribution >= 4 is 11.9 Å². The van der Waals surface area contributed by atoms with Gasteiger partial charge in [0.1, 0.15) is 6.04 Å². The van der Waals surface area contributed by atoms with Gasteiger partial charge in [-0.05, 0) is 46.5 Å². The second kappa shape index (κ2) is 7.88. The molecular formula is C17H30N4O6. The molecule has 3 saturated heterocycles. The topological polar surface area (TPSA) is 115 Å². The lowest BCUT2D eigenvalue weighted by Crippen LogP contribution is -2.51. The minimum absolute atomic E-state index is 0.0697. The Bertz CT molecular complexity index is 568. The summed E-state index contributed by atoms with van der Waals surface area (Å²) in [5.74, 6) is -0.395. The van der Waals surface area contributed by atoms with Gasteiger partial charge in [-0.2, -0.15) is 0 Å². The zero-order valence-electron chi connectivity index (χ0n) is 16.1. The maximum atomic E-state index is 12.4. The molecule has 0 aliphatic carbocycles. The molecule has 0 aromatic rings. The summed E-state index contributed by atoms with van der Waals surface area (Å²) in [7, 11) is 0. The van der Waals surface area contributed by atoms with Crippen molar-refractivity contribution < 1.29 is 29.5 Å². The fourth-order valence-electron chi connectivity index (χ4n) is 3.91. The van der Waals surface area contributed by atoms with Crippen molar-refractivity contribution in [2.75, 3.05) is 19.7 Å². The molecular weight excluding hydrogens is 356 g/mol. The van der Waals surface area contributed by atoms with Crippen LogP contribution in [0.25, 0.3) is 0 Å². The smallest absolute Gasteiger partial charge is 0.344 e. The highest BCUT2D eigenvalue weighted by Crippen LogP contribution is 2.28. The van der Waals surface area contributed by atoms with Crippen LogP contribution in [-0.2, 0) is 14.4 Å². The minimum Gasteiger partial charge on any atom is -0.356 e. The molecule has 10 nitrogen and oxygen atoms in total. The molecule has 3 N–H and O–H groups in total. The molecule has 3 rings (SSSR count). The Morgan fingerprint density at radius 2 is 2.07 bits per heavy atom. The highest BCUT2D eigenvalue weighted by atomic mass is 16.7. The first-order chi connectivity index (χ1) is 12.7. The van der Waals surface area contributed by atoms with Gasteiger partial charge in [0.05, 0.1) is 18.2 Å². The van der Waals surface area contributed by atoms with E-state index in [1.807, 2.05) is 25.7 Å². The van der Waals surface area contributed by atoms with E-state index in [1.54, 1.807) is 0 Å². The van der Waals surface area contributed by atoms with Crippen molar-refractivity contribution in [1.29, 1.82) is 0 Å². The number of rotatable bonds is 6. The normalized spacial score (nSPS) is 30.1. The van der Waals surface area contributed by atoms with Gasteiger partial charge in [0.2, 0.25) is 6.41 Å². The molecule has 0 spiro atoms. The van der Waals surface area contributed by atoms with Crippen molar-refractivity contribution in [3.8, 4) is 0 Å². The first-order valence-corrected chi connectivity index (χ1v) is 9.49. The van der Waals surface area contributed by atoms with Crippen LogP contribution in [0.5, 0.6) is 0 Å². The van der Waals surface area contributed by atoms with E-state index in [4.69, 9.17) is 9.57 Å². The Hall–Kier alpha value is -1.46. The lowest BCUT2D eigenvalue weighted by molar-refractivity contribution is -0.245. The van der Waals surface area contributed by atoms with Crippen LogP contribution in [-0.4, -0.2) is 87.0 Å². The number of amides is 3. The number of aliphatic hydroxyl groups is 1. The Kier molecular flexibility index (Phi) is 5.92. The molecule has 27 heavy (non-hydrogen) atoms. The van der Waals surface area contributed by atoms with Crippen LogP contribution >= 0.6 is 0 Å². The summed E-state index contributed by atoms with van der Waals surface area (Å²) < 4.78 is 5.60. The minimum atomic E-state index is -1.02. The summed E-state index contributed by atoms with van der Waals surface area (Å²) in [5, 5.41) is 20.7. The SMILES string of the molecule is CC(C)(C)OC(O)N1CCC[C@H]1CONC(=O)[C@@H]1CC[C@H]2CN1C(=O)N2O. The van der Waals surface area contributed by atoms with Crippen LogP contribution in [0.4, 0.5) is 4.79 Å². The average molecular weight is 386 g/mol. The summed E-state index contributed by atoms with van der Waals surface area (Å²) in [6.07, 6.45) is 1.77. The number of piperidine rings is 1. The number of nitrogens with one attached hydrogen (secondary N) is 1. The second-order valence-electron chi connectivity index (χ2n) is 8.39. The van der Waals surface area contributed by atoms with Crippen LogP contribution in [0, 0.1) is 0 Å². The number of carbonyl (C=O) groups excluding carboxylic acids is 2. The van der Waals surface area contributed by atoms with Crippen molar-refractivity contribution in [2.45, 2.75) is 76.6 Å². The van der Waals surface area contributed by atoms with E-state index >= 15 is 0 Å². The number of ether oxygens (including phenoxy) is 1. The van der Waals surface area contributed by atoms with Gasteiger partial charge in [-0.3, -0.25) is 14.8 Å². The predicted molar refractivity (Wildman–Crippen MR) is 93.2 cm³/mol. The number of hydroxylamine groups is 3. The quantitative estimate of drug-likeness (QED) is 0.340. The van der Waals surface area contributed by atoms with Crippen LogP contribution in [0.15, 0.2) is 0 Å². The van der Waals surface area contributed by atoms with Crippen LogP contribution < -0.4 is 5.48 Å². The molecule has 1 unspecified atom stereocenters. The van der Waals surface area contributed by atoms with Gasteiger partial charge in [-0.25, -0.2) is 20.2 Å². The van der Waals surface area contributed by atoms with Crippen molar-refractivity contribution in [3.05, 3.63) is 0 Å². The fourth-order valence-corrected chi connectivity index (χ4v) is 3.91. The third kappa shape index (κ3) is 4.52. The fraction of sp³-hybridized carbons (Fsp3) is 0.882. The van der Waals surface area contributed by atoms with Crippen LogP contribution in [0.2, 0.25) is 0 Å². The molecule has 0 aromatic heterocycles. The largest absolute Gasteiger partial charge is 0.356 e. The summed E-state index contributed by atoms with van der Waals surface area (Å²) in [6.45, 7) is 6.88. The summed E-state index contributed by atoms with van der Waals surface area (Å²) in [5.41, 5.74) is 1.95. The van der Waals surface area contributed by atoms with Crippen molar-refractivity contribution in [1.82, 2.24) is 20.3 Å². The lowest BCUT2D eigenvalue weighted by Gasteiger charge is -2.33. The van der Waals surface area contributed by atoms with E-state index in [2.05, 4.69) is 5.48 Å². The van der Waals surface area contributed by atoms with Gasteiger partial charge in [0.15, 0.2) is 0 Å². The van der Waals surface area contributed by atoms with Gasteiger partial charge in [0, 0.05) is 19.1 Å². The molecule has 3 aliphatic rings. The standard InChI is InChI=1S/C17H30N4O6/c1-17(2,3)27-16(24)19-8-4-5-12(19)10-26-18-14(22)13-7-6-11-9-20(13)15(23)21(11)25/h11-13,16,24-25H,4-10H2,1-3H3,(H,18,22)/t11-,12-,13-,16?/m0/s1. The number of hydrogen-bond acceptors (Lipinski definition) is 7. The molecule has 3 heterocycles. The van der Waals surface area contributed by atoms with E-state index in [9.17, 15) is 19.9 Å². The van der Waals surface area contributed by atoms with E-state index in [1.165, 1.54) is 4.90 Å². The number of likely N-dealkylation sites (tertiary alicyclic amines) is 1. The predicted octanol–water partition coefficient (Wildman–Crippen LogP) is 0.247. The summed E-state index contributed by atoms with van der Waals surface area (Å²) in [4.78, 5) is 32.9. The summed E-state index contributed by atoms with van der Waals surface area (Å²) in [6, 6.07) is -1.49. The highest BCUT2D eigenvalue weighted by Gasteiger charge is 2.47. The number of urea groups is 1. The van der Waals surface area contributed by atoms with Crippen molar-refractivity contribution in [2.24, 2.45) is 0 Å². The highest BCUT2D eigenvalue weighted by molar-refractivity contribution is 5.87. The molecule has 2 bridgehead atoms. The number of carbonyl (C=O) groups is 2. The Morgan fingerprint density at radius 3 is 2.78 bits per heavy atom. The number of hydrogen-bond donors (Lipinski definition) is 3. The van der Waals surface area contributed by atoms with Gasteiger partial charge in [0.25, 0.3) is 5.91 Å². The van der Waals surface area contributed by atoms with Gasteiger partial charge < -0.3 is 14.7 Å². The molecule has 0 saturated carbocycles. The Balaban J connectivity index is 1.46. The monoisotopic (exact) mass is 386 g/mol. The molecule has 4 atom stereocenters. The zero-order valence-corrected chi connectivity index (χ0v) is 16.1. The van der Waals surface area contributed by atoms with Crippen LogP contribution in [0.3, 0.4) is 0 Å². The van der Waals surface area contributed by atoms with E-state index in [0.717, 1.165) is 12.8 Å². The molecule has 0 aromatic carbocycles. The van der Waals surface area contributed by atoms with E-state index < -0.39 is 30.0 Å². The van der Waals surface area contributed by atoms with E-state index in [-0.39, 0.29) is 18.7 Å². The number of nitrogens with zero attached hydrogens (tertiary/aromatic N) is 3.